The molecule has 15 heteroatoms. The van der Waals surface area contributed by atoms with Gasteiger partial charge in [0.15, 0.2) is 0 Å². The van der Waals surface area contributed by atoms with E-state index in [1.807, 2.05) is 89.8 Å². The lowest BCUT2D eigenvalue weighted by atomic mass is 9.98. The number of rotatable bonds is 23. The number of benzene rings is 5. The van der Waals surface area contributed by atoms with Crippen molar-refractivity contribution in [3.63, 3.8) is 0 Å². The number of aromatic nitrogens is 1. The molecular formula is C59H65N5O10. The standard InChI is InChI=1S/C59H65N5O10/c1-60(61(2)59(70)74-40-53-50-20-10-6-16-46(50)47-17-7-11-21-51(47)53)38-43-37-41-13-3-12-22-54(41)63(43)31-27-55(65)62-29-25-42(26-30-62)64(56(66)23-24-57(67)68)32-34-72-36-35-71-33-28-58(69)73-39-52-48-18-8-4-14-44(48)45-15-5-9-19-49(45)52/h3-22,37,42,52-53H,23-36,38-40H2,1-2H3,(H,67,68). The number of carboxylic acids is 1. The molecule has 1 aromatic heterocycles. The van der Waals surface area contributed by atoms with Crippen LogP contribution in [-0.4, -0.2) is 139 Å². The van der Waals surface area contributed by atoms with Gasteiger partial charge in [0.05, 0.1) is 45.8 Å². The third-order valence-corrected chi connectivity index (χ3v) is 14.8. The van der Waals surface area contributed by atoms with Crippen molar-refractivity contribution in [2.24, 2.45) is 0 Å². The van der Waals surface area contributed by atoms with Gasteiger partial charge in [-0.2, -0.15) is 0 Å². The first kappa shape index (κ1) is 51.6. The minimum atomic E-state index is -1.04. The van der Waals surface area contributed by atoms with E-state index in [-0.39, 0.29) is 108 Å². The summed E-state index contributed by atoms with van der Waals surface area (Å²) >= 11 is 0. The molecule has 1 fully saturated rings. The van der Waals surface area contributed by atoms with Crippen LogP contribution in [0.4, 0.5) is 4.79 Å². The van der Waals surface area contributed by atoms with Gasteiger partial charge in [-0.1, -0.05) is 115 Å². The molecule has 3 aliphatic rings. The molecule has 3 amide bonds. The molecule has 0 atom stereocenters. The number of fused-ring (bicyclic) bond motifs is 7. The fourth-order valence-electron chi connectivity index (χ4n) is 10.8. The first-order chi connectivity index (χ1) is 36.0. The van der Waals surface area contributed by atoms with Crippen molar-refractivity contribution in [3.05, 3.63) is 155 Å². The zero-order chi connectivity index (χ0) is 51.6. The molecule has 0 spiro atoms. The van der Waals surface area contributed by atoms with Gasteiger partial charge in [0, 0.05) is 82.2 Å². The summed E-state index contributed by atoms with van der Waals surface area (Å²) in [5, 5.41) is 13.7. The fraction of sp³-hybridized carbons (Fsp3) is 0.373. The molecule has 1 aliphatic heterocycles. The molecule has 1 saturated heterocycles. The number of carboxylic acid groups (broad SMARTS) is 1. The number of likely N-dealkylation sites (tertiary alicyclic amines) is 1. The quantitative estimate of drug-likeness (QED) is 0.0372. The van der Waals surface area contributed by atoms with Gasteiger partial charge < -0.3 is 38.4 Å². The summed E-state index contributed by atoms with van der Waals surface area (Å²) < 4.78 is 25.3. The highest BCUT2D eigenvalue weighted by molar-refractivity contribution is 5.84. The number of piperidine rings is 1. The lowest BCUT2D eigenvalue weighted by Crippen LogP contribution is -2.50. The van der Waals surface area contributed by atoms with Crippen LogP contribution in [0.1, 0.15) is 78.3 Å². The molecule has 0 radical (unpaired) electrons. The van der Waals surface area contributed by atoms with Crippen molar-refractivity contribution in [2.75, 3.05) is 73.4 Å². The van der Waals surface area contributed by atoms with Gasteiger partial charge in [-0.05, 0) is 74.9 Å². The summed E-state index contributed by atoms with van der Waals surface area (Å²) in [6.45, 7) is 3.37. The number of aliphatic carboxylic acids is 1. The molecule has 15 nitrogen and oxygen atoms in total. The van der Waals surface area contributed by atoms with Crippen molar-refractivity contribution in [2.45, 2.75) is 69.5 Å². The van der Waals surface area contributed by atoms with Crippen molar-refractivity contribution in [1.82, 2.24) is 24.4 Å². The van der Waals surface area contributed by atoms with Crippen molar-refractivity contribution >= 4 is 40.7 Å². The van der Waals surface area contributed by atoms with E-state index in [1.165, 1.54) is 27.3 Å². The van der Waals surface area contributed by atoms with Crippen molar-refractivity contribution < 1.29 is 48.0 Å². The summed E-state index contributed by atoms with van der Waals surface area (Å²) in [4.78, 5) is 68.4. The van der Waals surface area contributed by atoms with Crippen LogP contribution in [-0.2, 0) is 51.2 Å². The second kappa shape index (κ2) is 24.1. The zero-order valence-corrected chi connectivity index (χ0v) is 42.2. The first-order valence-corrected chi connectivity index (χ1v) is 25.7. The van der Waals surface area contributed by atoms with Crippen LogP contribution in [0, 0.1) is 0 Å². The Morgan fingerprint density at radius 2 is 1.14 bits per heavy atom. The maximum absolute atomic E-state index is 13.8. The SMILES string of the molecule is CN(Cc1cc2ccccc2n1CCC(=O)N1CCC(N(CCOCCOCCC(=O)OCC2c3ccccc3-c3ccccc32)C(=O)CCC(=O)O)CC1)N(C)C(=O)OCC1c2ccccc2-c2ccccc21. The number of carbonyl (C=O) groups is 5. The lowest BCUT2D eigenvalue weighted by molar-refractivity contribution is -0.145. The van der Waals surface area contributed by atoms with Gasteiger partial charge in [-0.25, -0.2) is 14.8 Å². The predicted octanol–water partition coefficient (Wildman–Crippen LogP) is 8.72. The minimum Gasteiger partial charge on any atom is -0.481 e. The number of para-hydroxylation sites is 1. The summed E-state index contributed by atoms with van der Waals surface area (Å²) in [6.07, 6.45) is 0.598. The molecule has 0 bridgehead atoms. The Kier molecular flexibility index (Phi) is 16.8. The Hall–Kier alpha value is -7.33. The number of hydrogen-bond donors (Lipinski definition) is 1. The number of ether oxygens (including phenoxy) is 4. The molecule has 74 heavy (non-hydrogen) atoms. The Morgan fingerprint density at radius 1 is 0.608 bits per heavy atom. The van der Waals surface area contributed by atoms with E-state index in [0.717, 1.165) is 38.9 Å². The third kappa shape index (κ3) is 11.9. The van der Waals surface area contributed by atoms with E-state index in [0.29, 0.717) is 39.0 Å². The topological polar surface area (TPSA) is 160 Å². The van der Waals surface area contributed by atoms with Gasteiger partial charge >= 0.3 is 18.0 Å². The summed E-state index contributed by atoms with van der Waals surface area (Å²) in [5.74, 6) is -1.70. The van der Waals surface area contributed by atoms with Crippen LogP contribution < -0.4 is 0 Å². The number of hydrogen-bond acceptors (Lipinski definition) is 10. The maximum atomic E-state index is 13.8. The van der Waals surface area contributed by atoms with E-state index in [9.17, 15) is 29.1 Å². The van der Waals surface area contributed by atoms with E-state index >= 15 is 0 Å². The Labute approximate surface area is 432 Å². The van der Waals surface area contributed by atoms with Crippen LogP contribution in [0.5, 0.6) is 0 Å². The van der Waals surface area contributed by atoms with Gasteiger partial charge in [-0.3, -0.25) is 19.2 Å². The third-order valence-electron chi connectivity index (χ3n) is 14.8. The van der Waals surface area contributed by atoms with Crippen molar-refractivity contribution in [3.8, 4) is 22.3 Å². The monoisotopic (exact) mass is 1000 g/mol. The summed E-state index contributed by atoms with van der Waals surface area (Å²) in [7, 11) is 3.54. The highest BCUT2D eigenvalue weighted by atomic mass is 16.6. The van der Waals surface area contributed by atoms with Gasteiger partial charge in [0.1, 0.15) is 13.2 Å². The minimum absolute atomic E-state index is 0.00186. The van der Waals surface area contributed by atoms with Crippen LogP contribution in [0.3, 0.4) is 0 Å². The van der Waals surface area contributed by atoms with Crippen LogP contribution in [0.2, 0.25) is 0 Å². The van der Waals surface area contributed by atoms with Crippen LogP contribution >= 0.6 is 0 Å². The first-order valence-electron chi connectivity index (χ1n) is 25.7. The average Bonchev–Trinajstić information content (AvgIpc) is 4.06. The molecule has 0 saturated carbocycles. The van der Waals surface area contributed by atoms with Crippen molar-refractivity contribution in [1.29, 1.82) is 0 Å². The normalized spacial score (nSPS) is 14.1. The van der Waals surface area contributed by atoms with E-state index in [1.54, 1.807) is 11.9 Å². The molecular weight excluding hydrogens is 939 g/mol. The van der Waals surface area contributed by atoms with Gasteiger partial charge in [0.25, 0.3) is 0 Å². The lowest BCUT2D eigenvalue weighted by Gasteiger charge is -2.38. The highest BCUT2D eigenvalue weighted by Crippen LogP contribution is 2.46. The molecule has 1 N–H and O–H groups in total. The van der Waals surface area contributed by atoms with Gasteiger partial charge in [-0.15, -0.1) is 0 Å². The van der Waals surface area contributed by atoms with Crippen LogP contribution in [0.25, 0.3) is 33.2 Å². The average molecular weight is 1000 g/mol. The summed E-state index contributed by atoms with van der Waals surface area (Å²) in [5.41, 5.74) is 11.2. The van der Waals surface area contributed by atoms with E-state index in [4.69, 9.17) is 18.9 Å². The second-order valence-corrected chi connectivity index (χ2v) is 19.2. The Bertz CT molecular complexity index is 2870. The largest absolute Gasteiger partial charge is 0.481 e. The van der Waals surface area contributed by atoms with E-state index < -0.39 is 12.1 Å². The number of aryl methyl sites for hydroxylation is 1. The zero-order valence-electron chi connectivity index (χ0n) is 42.2. The highest BCUT2D eigenvalue weighted by Gasteiger charge is 2.33. The number of esters is 1. The smallest absolute Gasteiger partial charge is 0.424 e. The maximum Gasteiger partial charge on any atom is 0.424 e. The molecule has 6 aromatic rings. The second-order valence-electron chi connectivity index (χ2n) is 19.2. The molecule has 2 aliphatic carbocycles. The Morgan fingerprint density at radius 3 is 1.72 bits per heavy atom. The molecule has 5 aromatic carbocycles. The number of hydrazine groups is 1. The molecule has 386 valence electrons. The number of amides is 3. The molecule has 9 rings (SSSR count). The fourth-order valence-corrected chi connectivity index (χ4v) is 10.8. The molecule has 0 unspecified atom stereocenters. The number of nitrogens with zero attached hydrogens (tertiary/aromatic N) is 5. The number of carbonyl (C=O) groups excluding carboxylic acids is 4. The van der Waals surface area contributed by atoms with E-state index in [2.05, 4.69) is 59.2 Å². The Balaban J connectivity index is 0.709. The van der Waals surface area contributed by atoms with Gasteiger partial charge in [0.2, 0.25) is 11.8 Å². The van der Waals surface area contributed by atoms with Crippen LogP contribution in [0.15, 0.2) is 127 Å². The summed E-state index contributed by atoms with van der Waals surface area (Å²) in [6, 6.07) is 42.8. The predicted molar refractivity (Wildman–Crippen MR) is 280 cm³/mol. The molecule has 2 heterocycles.